The fraction of sp³-hybridized carbons (Fsp3) is 0.263. The zero-order chi connectivity index (χ0) is 18.2. The number of carbonyl (C=O) groups excluding carboxylic acids is 2. The molecule has 0 fully saturated rings. The lowest BCUT2D eigenvalue weighted by Crippen LogP contribution is -2.42. The normalized spacial score (nSPS) is 19.2. The number of Topliss-reactive ketones (excluding diaryl/α,β-unsaturated/α-hetero) is 1. The van der Waals surface area contributed by atoms with Crippen LogP contribution in [0.5, 0.6) is 0 Å². The Hall–Kier alpha value is -1.88. The summed E-state index contributed by atoms with van der Waals surface area (Å²) in [4.78, 5) is 27.1. The number of ketones is 1. The molecule has 0 saturated carbocycles. The van der Waals surface area contributed by atoms with Crippen LogP contribution in [0.2, 0.25) is 10.0 Å². The molecule has 0 radical (unpaired) electrons. The summed E-state index contributed by atoms with van der Waals surface area (Å²) in [5.41, 5.74) is -0.552. The van der Waals surface area contributed by atoms with E-state index in [2.05, 4.69) is 0 Å². The number of amides is 1. The molecular formula is C19H17Cl2NO3. The molecule has 0 spiro atoms. The molecule has 130 valence electrons. The van der Waals surface area contributed by atoms with Crippen LogP contribution in [0.25, 0.3) is 0 Å². The predicted molar refractivity (Wildman–Crippen MR) is 98.4 cm³/mol. The third kappa shape index (κ3) is 3.06. The number of aliphatic hydroxyl groups is 1. The van der Waals surface area contributed by atoms with Gasteiger partial charge in [-0.05, 0) is 30.7 Å². The van der Waals surface area contributed by atoms with Gasteiger partial charge in [0.05, 0.1) is 17.1 Å². The highest BCUT2D eigenvalue weighted by molar-refractivity contribution is 6.37. The van der Waals surface area contributed by atoms with Crippen LogP contribution in [0.1, 0.15) is 35.7 Å². The summed E-state index contributed by atoms with van der Waals surface area (Å²) < 4.78 is 0. The topological polar surface area (TPSA) is 57.6 Å². The summed E-state index contributed by atoms with van der Waals surface area (Å²) >= 11 is 11.9. The second-order valence-corrected chi connectivity index (χ2v) is 6.90. The second kappa shape index (κ2) is 6.79. The lowest BCUT2D eigenvalue weighted by Gasteiger charge is -2.22. The van der Waals surface area contributed by atoms with Crippen molar-refractivity contribution in [1.82, 2.24) is 0 Å². The zero-order valence-corrected chi connectivity index (χ0v) is 15.1. The van der Waals surface area contributed by atoms with E-state index in [4.69, 9.17) is 23.2 Å². The standard InChI is InChI=1S/C19H17Cl2NO3/c1-2-9-22-16-6-4-3-5-14(16)19(25,18(22)24)11-17(23)13-8-7-12(20)10-15(13)21/h3-8,10,25H,2,9,11H2,1H3. The second-order valence-electron chi connectivity index (χ2n) is 6.06. The molecule has 2 aromatic rings. The molecule has 0 aliphatic carbocycles. The SMILES string of the molecule is CCCN1C(=O)C(O)(CC(=O)c2ccc(Cl)cc2Cl)c2ccccc21. The number of rotatable bonds is 5. The Balaban J connectivity index is 1.98. The molecule has 0 saturated heterocycles. The van der Waals surface area contributed by atoms with Gasteiger partial charge in [0.2, 0.25) is 0 Å². The van der Waals surface area contributed by atoms with E-state index in [0.29, 0.717) is 22.8 Å². The summed E-state index contributed by atoms with van der Waals surface area (Å²) in [5, 5.41) is 11.7. The number of benzene rings is 2. The fourth-order valence-electron chi connectivity index (χ4n) is 3.17. The summed E-state index contributed by atoms with van der Waals surface area (Å²) in [5.74, 6) is -0.889. The molecule has 1 aliphatic rings. The van der Waals surface area contributed by atoms with Gasteiger partial charge in [0.15, 0.2) is 11.4 Å². The van der Waals surface area contributed by atoms with E-state index in [9.17, 15) is 14.7 Å². The van der Waals surface area contributed by atoms with E-state index in [1.807, 2.05) is 6.92 Å². The lowest BCUT2D eigenvalue weighted by atomic mass is 9.88. The fourth-order valence-corrected chi connectivity index (χ4v) is 3.68. The van der Waals surface area contributed by atoms with Crippen LogP contribution in [0.4, 0.5) is 5.69 Å². The maximum atomic E-state index is 12.8. The van der Waals surface area contributed by atoms with Gasteiger partial charge in [0, 0.05) is 22.7 Å². The molecule has 3 rings (SSSR count). The molecule has 2 aromatic carbocycles. The molecule has 25 heavy (non-hydrogen) atoms. The minimum atomic E-state index is -1.88. The van der Waals surface area contributed by atoms with Crippen molar-refractivity contribution in [2.45, 2.75) is 25.4 Å². The average molecular weight is 378 g/mol. The largest absolute Gasteiger partial charge is 0.375 e. The Morgan fingerprint density at radius 1 is 1.20 bits per heavy atom. The zero-order valence-electron chi connectivity index (χ0n) is 13.6. The maximum Gasteiger partial charge on any atom is 0.264 e. The number of halogens is 2. The van der Waals surface area contributed by atoms with Gasteiger partial charge in [-0.15, -0.1) is 0 Å². The van der Waals surface area contributed by atoms with E-state index in [-0.39, 0.29) is 17.0 Å². The third-order valence-electron chi connectivity index (χ3n) is 4.33. The average Bonchev–Trinajstić information content (AvgIpc) is 2.77. The molecule has 1 N–H and O–H groups in total. The van der Waals surface area contributed by atoms with Gasteiger partial charge in [0.1, 0.15) is 0 Å². The Morgan fingerprint density at radius 2 is 1.92 bits per heavy atom. The van der Waals surface area contributed by atoms with Crippen LogP contribution in [0.3, 0.4) is 0 Å². The van der Waals surface area contributed by atoms with Gasteiger partial charge >= 0.3 is 0 Å². The first-order chi connectivity index (χ1) is 11.9. The van der Waals surface area contributed by atoms with Gasteiger partial charge in [-0.3, -0.25) is 9.59 Å². The number of nitrogens with zero attached hydrogens (tertiary/aromatic N) is 1. The van der Waals surface area contributed by atoms with Crippen molar-refractivity contribution in [3.05, 3.63) is 63.6 Å². The van der Waals surface area contributed by atoms with Crippen molar-refractivity contribution in [2.24, 2.45) is 0 Å². The van der Waals surface area contributed by atoms with E-state index in [0.717, 1.165) is 6.42 Å². The lowest BCUT2D eigenvalue weighted by molar-refractivity contribution is -0.135. The molecule has 0 bridgehead atoms. The monoisotopic (exact) mass is 377 g/mol. The van der Waals surface area contributed by atoms with Crippen LogP contribution < -0.4 is 4.90 Å². The van der Waals surface area contributed by atoms with Crippen molar-refractivity contribution in [2.75, 3.05) is 11.4 Å². The molecule has 6 heteroatoms. The van der Waals surface area contributed by atoms with E-state index >= 15 is 0 Å². The van der Waals surface area contributed by atoms with Gasteiger partial charge in [-0.2, -0.15) is 0 Å². The van der Waals surface area contributed by atoms with Crippen LogP contribution >= 0.6 is 23.2 Å². The minimum absolute atomic E-state index is 0.199. The van der Waals surface area contributed by atoms with Crippen molar-refractivity contribution in [3.8, 4) is 0 Å². The molecule has 4 nitrogen and oxygen atoms in total. The summed E-state index contributed by atoms with van der Waals surface area (Å²) in [6, 6.07) is 11.5. The van der Waals surface area contributed by atoms with E-state index in [1.54, 1.807) is 30.3 Å². The Bertz CT molecular complexity index is 852. The molecule has 1 unspecified atom stereocenters. The van der Waals surface area contributed by atoms with Crippen molar-refractivity contribution in [3.63, 3.8) is 0 Å². The summed E-state index contributed by atoms with van der Waals surface area (Å²) in [6.07, 6.45) is 0.373. The summed E-state index contributed by atoms with van der Waals surface area (Å²) in [6.45, 7) is 2.43. The first-order valence-electron chi connectivity index (χ1n) is 8.00. The molecule has 1 amide bonds. The van der Waals surface area contributed by atoms with Crippen molar-refractivity contribution in [1.29, 1.82) is 0 Å². The first kappa shape index (κ1) is 17.9. The highest BCUT2D eigenvalue weighted by Gasteiger charge is 2.50. The first-order valence-corrected chi connectivity index (χ1v) is 8.76. The predicted octanol–water partition coefficient (Wildman–Crippen LogP) is 4.21. The van der Waals surface area contributed by atoms with Crippen LogP contribution in [0, 0.1) is 0 Å². The minimum Gasteiger partial charge on any atom is -0.375 e. The van der Waals surface area contributed by atoms with Crippen LogP contribution in [0.15, 0.2) is 42.5 Å². The molecule has 1 heterocycles. The number of hydrogen-bond acceptors (Lipinski definition) is 3. The molecule has 1 aliphatic heterocycles. The Kier molecular flexibility index (Phi) is 4.87. The Labute approximate surface area is 156 Å². The number of anilines is 1. The highest BCUT2D eigenvalue weighted by atomic mass is 35.5. The van der Waals surface area contributed by atoms with Gasteiger partial charge in [-0.1, -0.05) is 48.3 Å². The summed E-state index contributed by atoms with van der Waals surface area (Å²) in [7, 11) is 0. The smallest absolute Gasteiger partial charge is 0.264 e. The number of hydrogen-bond donors (Lipinski definition) is 1. The number of para-hydroxylation sites is 1. The Morgan fingerprint density at radius 3 is 2.60 bits per heavy atom. The van der Waals surface area contributed by atoms with Gasteiger partial charge < -0.3 is 10.0 Å². The number of fused-ring (bicyclic) bond motifs is 1. The van der Waals surface area contributed by atoms with Crippen LogP contribution in [-0.2, 0) is 10.4 Å². The maximum absolute atomic E-state index is 12.8. The highest BCUT2D eigenvalue weighted by Crippen LogP contribution is 2.43. The van der Waals surface area contributed by atoms with E-state index in [1.165, 1.54) is 17.0 Å². The van der Waals surface area contributed by atoms with E-state index < -0.39 is 17.3 Å². The quantitative estimate of drug-likeness (QED) is 0.793. The third-order valence-corrected chi connectivity index (χ3v) is 4.88. The molecular weight excluding hydrogens is 361 g/mol. The van der Waals surface area contributed by atoms with Crippen LogP contribution in [-0.4, -0.2) is 23.3 Å². The van der Waals surface area contributed by atoms with Crippen molar-refractivity contribution < 1.29 is 14.7 Å². The van der Waals surface area contributed by atoms with Gasteiger partial charge in [-0.25, -0.2) is 0 Å². The molecule has 0 aromatic heterocycles. The number of carbonyl (C=O) groups is 2. The molecule has 1 atom stereocenters. The van der Waals surface area contributed by atoms with Crippen molar-refractivity contribution >= 4 is 40.6 Å². The van der Waals surface area contributed by atoms with Gasteiger partial charge in [0.25, 0.3) is 5.91 Å².